The molecule has 1 saturated heterocycles. The first-order chi connectivity index (χ1) is 8.33. The van der Waals surface area contributed by atoms with Crippen molar-refractivity contribution in [2.45, 2.75) is 6.54 Å². The predicted molar refractivity (Wildman–Crippen MR) is 64.5 cm³/mol. The molecule has 2 rings (SSSR count). The van der Waals surface area contributed by atoms with E-state index in [0.717, 1.165) is 50.4 Å². The van der Waals surface area contributed by atoms with Crippen molar-refractivity contribution in [2.75, 3.05) is 33.4 Å². The van der Waals surface area contributed by atoms with Gasteiger partial charge in [-0.3, -0.25) is 9.69 Å². The molecule has 0 spiro atoms. The summed E-state index contributed by atoms with van der Waals surface area (Å²) in [5.74, 6) is 0.835. The third-order valence-corrected chi connectivity index (χ3v) is 2.94. The number of ether oxygens (including phenoxy) is 2. The molecule has 4 nitrogen and oxygen atoms in total. The quantitative estimate of drug-likeness (QED) is 0.738. The Hall–Kier alpha value is -1.39. The Balaban J connectivity index is 2.13. The molecular formula is C13H17NO3. The maximum atomic E-state index is 10.8. The van der Waals surface area contributed by atoms with Crippen LogP contribution in [0.1, 0.15) is 15.9 Å². The van der Waals surface area contributed by atoms with Crippen LogP contribution in [0.5, 0.6) is 5.75 Å². The Labute approximate surface area is 101 Å². The van der Waals surface area contributed by atoms with E-state index in [2.05, 4.69) is 4.90 Å². The van der Waals surface area contributed by atoms with Crippen LogP contribution in [0.15, 0.2) is 18.2 Å². The normalized spacial score (nSPS) is 16.8. The molecule has 0 atom stereocenters. The van der Waals surface area contributed by atoms with Gasteiger partial charge in [0.05, 0.1) is 20.3 Å². The summed E-state index contributed by atoms with van der Waals surface area (Å²) in [4.78, 5) is 13.1. The van der Waals surface area contributed by atoms with Crippen molar-refractivity contribution in [1.29, 1.82) is 0 Å². The topological polar surface area (TPSA) is 38.8 Å². The van der Waals surface area contributed by atoms with Crippen LogP contribution in [-0.4, -0.2) is 44.6 Å². The highest BCUT2D eigenvalue weighted by atomic mass is 16.5. The van der Waals surface area contributed by atoms with E-state index in [4.69, 9.17) is 9.47 Å². The first-order valence-corrected chi connectivity index (χ1v) is 5.75. The van der Waals surface area contributed by atoms with Crippen LogP contribution in [0, 0.1) is 0 Å². The molecule has 0 bridgehead atoms. The van der Waals surface area contributed by atoms with E-state index in [0.29, 0.717) is 5.56 Å². The van der Waals surface area contributed by atoms with Gasteiger partial charge in [-0.25, -0.2) is 0 Å². The SMILES string of the molecule is COc1ccc(C=O)cc1CN1CCOCC1. The molecule has 1 aliphatic heterocycles. The molecule has 0 unspecified atom stereocenters. The summed E-state index contributed by atoms with van der Waals surface area (Å²) in [6, 6.07) is 5.51. The van der Waals surface area contributed by atoms with Gasteiger partial charge in [0.15, 0.2) is 0 Å². The highest BCUT2D eigenvalue weighted by molar-refractivity contribution is 5.75. The average molecular weight is 235 g/mol. The Morgan fingerprint density at radius 2 is 2.18 bits per heavy atom. The number of carbonyl (C=O) groups excluding carboxylic acids is 1. The van der Waals surface area contributed by atoms with E-state index in [-0.39, 0.29) is 0 Å². The molecule has 1 aromatic carbocycles. The van der Waals surface area contributed by atoms with Crippen molar-refractivity contribution in [3.63, 3.8) is 0 Å². The molecule has 1 heterocycles. The predicted octanol–water partition coefficient (Wildman–Crippen LogP) is 1.34. The van der Waals surface area contributed by atoms with E-state index < -0.39 is 0 Å². The molecule has 0 aliphatic carbocycles. The highest BCUT2D eigenvalue weighted by Crippen LogP contribution is 2.21. The average Bonchev–Trinajstić information content (AvgIpc) is 2.40. The minimum absolute atomic E-state index is 0.689. The van der Waals surface area contributed by atoms with Gasteiger partial charge in [-0.05, 0) is 18.2 Å². The highest BCUT2D eigenvalue weighted by Gasteiger charge is 2.13. The fourth-order valence-electron chi connectivity index (χ4n) is 2.00. The molecule has 0 N–H and O–H groups in total. The molecule has 4 heteroatoms. The lowest BCUT2D eigenvalue weighted by Crippen LogP contribution is -2.35. The summed E-state index contributed by atoms with van der Waals surface area (Å²) >= 11 is 0. The number of morpholine rings is 1. The molecule has 1 aromatic rings. The summed E-state index contributed by atoms with van der Waals surface area (Å²) in [6.07, 6.45) is 0.863. The van der Waals surface area contributed by atoms with Crippen molar-refractivity contribution in [1.82, 2.24) is 4.90 Å². The zero-order chi connectivity index (χ0) is 12.1. The third kappa shape index (κ3) is 3.05. The molecular weight excluding hydrogens is 218 g/mol. The number of nitrogens with zero attached hydrogens (tertiary/aromatic N) is 1. The number of rotatable bonds is 4. The van der Waals surface area contributed by atoms with E-state index >= 15 is 0 Å². The van der Waals surface area contributed by atoms with Gasteiger partial charge in [0.1, 0.15) is 12.0 Å². The lowest BCUT2D eigenvalue weighted by molar-refractivity contribution is 0.0339. The van der Waals surface area contributed by atoms with Crippen LogP contribution < -0.4 is 4.74 Å². The molecule has 0 amide bonds. The van der Waals surface area contributed by atoms with Crippen LogP contribution in [0.4, 0.5) is 0 Å². The fraction of sp³-hybridized carbons (Fsp3) is 0.462. The van der Waals surface area contributed by atoms with E-state index in [1.54, 1.807) is 13.2 Å². The van der Waals surface area contributed by atoms with Crippen LogP contribution in [-0.2, 0) is 11.3 Å². The molecule has 1 aliphatic rings. The van der Waals surface area contributed by atoms with Crippen molar-refractivity contribution in [3.05, 3.63) is 29.3 Å². The molecule has 92 valence electrons. The van der Waals surface area contributed by atoms with E-state index in [9.17, 15) is 4.79 Å². The summed E-state index contributed by atoms with van der Waals surface area (Å²) in [5.41, 5.74) is 1.74. The lowest BCUT2D eigenvalue weighted by atomic mass is 10.1. The first kappa shape index (κ1) is 12.1. The van der Waals surface area contributed by atoms with Crippen LogP contribution in [0.25, 0.3) is 0 Å². The van der Waals surface area contributed by atoms with E-state index in [1.165, 1.54) is 0 Å². The minimum atomic E-state index is 0.689. The van der Waals surface area contributed by atoms with Crippen molar-refractivity contribution < 1.29 is 14.3 Å². The lowest BCUT2D eigenvalue weighted by Gasteiger charge is -2.27. The number of aldehydes is 1. The number of carbonyl (C=O) groups is 1. The Kier molecular flexibility index (Phi) is 4.12. The number of hydrogen-bond donors (Lipinski definition) is 0. The second-order valence-electron chi connectivity index (χ2n) is 4.08. The van der Waals surface area contributed by atoms with Crippen molar-refractivity contribution in [2.24, 2.45) is 0 Å². The molecule has 0 saturated carbocycles. The van der Waals surface area contributed by atoms with Gasteiger partial charge in [0.2, 0.25) is 0 Å². The molecule has 17 heavy (non-hydrogen) atoms. The van der Waals surface area contributed by atoms with Gasteiger partial charge < -0.3 is 9.47 Å². The van der Waals surface area contributed by atoms with E-state index in [1.807, 2.05) is 12.1 Å². The molecule has 1 fully saturated rings. The largest absolute Gasteiger partial charge is 0.496 e. The Morgan fingerprint density at radius 3 is 2.82 bits per heavy atom. The monoisotopic (exact) mass is 235 g/mol. The summed E-state index contributed by atoms with van der Waals surface area (Å²) in [5, 5.41) is 0. The second kappa shape index (κ2) is 5.80. The fourth-order valence-corrected chi connectivity index (χ4v) is 2.00. The third-order valence-electron chi connectivity index (χ3n) is 2.94. The maximum absolute atomic E-state index is 10.8. The van der Waals surface area contributed by atoms with Gasteiger partial charge in [0.25, 0.3) is 0 Å². The van der Waals surface area contributed by atoms with Gasteiger partial charge in [-0.2, -0.15) is 0 Å². The molecule has 0 radical (unpaired) electrons. The Bertz CT molecular complexity index is 386. The summed E-state index contributed by atoms with van der Waals surface area (Å²) in [6.45, 7) is 4.20. The van der Waals surface area contributed by atoms with Gasteiger partial charge in [-0.15, -0.1) is 0 Å². The first-order valence-electron chi connectivity index (χ1n) is 5.75. The van der Waals surface area contributed by atoms with Crippen molar-refractivity contribution >= 4 is 6.29 Å². The van der Waals surface area contributed by atoms with Crippen LogP contribution in [0.2, 0.25) is 0 Å². The minimum Gasteiger partial charge on any atom is -0.496 e. The summed E-state index contributed by atoms with van der Waals surface area (Å²) in [7, 11) is 1.65. The standard InChI is InChI=1S/C13H17NO3/c1-16-13-3-2-11(10-15)8-12(13)9-14-4-6-17-7-5-14/h2-3,8,10H,4-7,9H2,1H3. The zero-order valence-electron chi connectivity index (χ0n) is 10.0. The maximum Gasteiger partial charge on any atom is 0.150 e. The Morgan fingerprint density at radius 1 is 1.41 bits per heavy atom. The van der Waals surface area contributed by atoms with Crippen LogP contribution in [0.3, 0.4) is 0 Å². The number of benzene rings is 1. The second-order valence-corrected chi connectivity index (χ2v) is 4.08. The number of methoxy groups -OCH3 is 1. The van der Waals surface area contributed by atoms with Gasteiger partial charge in [0, 0.05) is 30.8 Å². The summed E-state index contributed by atoms with van der Waals surface area (Å²) < 4.78 is 10.6. The smallest absolute Gasteiger partial charge is 0.150 e. The molecule has 0 aromatic heterocycles. The van der Waals surface area contributed by atoms with Crippen molar-refractivity contribution in [3.8, 4) is 5.75 Å². The zero-order valence-corrected chi connectivity index (χ0v) is 10.0. The van der Waals surface area contributed by atoms with Crippen LogP contribution >= 0.6 is 0 Å². The van der Waals surface area contributed by atoms with Gasteiger partial charge >= 0.3 is 0 Å². The van der Waals surface area contributed by atoms with Gasteiger partial charge in [-0.1, -0.05) is 0 Å². The number of hydrogen-bond acceptors (Lipinski definition) is 4.